The number of halogens is 1. The van der Waals surface area contributed by atoms with Crippen molar-refractivity contribution in [1.82, 2.24) is 15.5 Å². The van der Waals surface area contributed by atoms with Crippen LogP contribution in [0.25, 0.3) is 0 Å². The van der Waals surface area contributed by atoms with Crippen molar-refractivity contribution in [1.29, 1.82) is 0 Å². The average molecular weight is 689 g/mol. The third-order valence-corrected chi connectivity index (χ3v) is 9.46. The van der Waals surface area contributed by atoms with Gasteiger partial charge in [0.2, 0.25) is 17.7 Å². The molecule has 0 radical (unpaired) electrons. The van der Waals surface area contributed by atoms with Crippen molar-refractivity contribution in [3.8, 4) is 5.75 Å². The van der Waals surface area contributed by atoms with Crippen LogP contribution < -0.4 is 22.1 Å². The minimum atomic E-state index is -4.75. The summed E-state index contributed by atoms with van der Waals surface area (Å²) in [6.45, 7) is 4.30. The lowest BCUT2D eigenvalue weighted by Crippen LogP contribution is -2.59. The average Bonchev–Trinajstić information content (AvgIpc) is 3.36. The molecule has 1 aliphatic heterocycles. The lowest BCUT2D eigenvalue weighted by molar-refractivity contribution is -0.146. The molecule has 0 spiro atoms. The molecule has 46 heavy (non-hydrogen) atoms. The number of aliphatic imine (C=N–C) groups is 1. The van der Waals surface area contributed by atoms with Crippen LogP contribution in [0.3, 0.4) is 0 Å². The molecule has 15 nitrogen and oxygen atoms in total. The van der Waals surface area contributed by atoms with Crippen LogP contribution in [0.4, 0.5) is 0 Å². The fourth-order valence-electron chi connectivity index (χ4n) is 6.09. The number of rotatable bonds is 15. The van der Waals surface area contributed by atoms with Gasteiger partial charge in [0.05, 0.1) is 11.1 Å². The van der Waals surface area contributed by atoms with Gasteiger partial charge < -0.3 is 37.2 Å². The van der Waals surface area contributed by atoms with Gasteiger partial charge in [-0.25, -0.2) is 4.18 Å². The number of carbonyl (C=O) groups is 3. The van der Waals surface area contributed by atoms with Crippen molar-refractivity contribution >= 4 is 45.7 Å². The van der Waals surface area contributed by atoms with Crippen LogP contribution >= 0.6 is 11.6 Å². The molecule has 17 heteroatoms. The van der Waals surface area contributed by atoms with Crippen molar-refractivity contribution in [3.63, 3.8) is 0 Å². The van der Waals surface area contributed by atoms with Crippen molar-refractivity contribution in [3.05, 3.63) is 28.8 Å². The number of nitrogens with two attached hydrogens (primary N) is 2. The van der Waals surface area contributed by atoms with Crippen molar-refractivity contribution < 1.29 is 41.8 Å². The number of hydrogen-bond acceptors (Lipinski definition) is 9. The van der Waals surface area contributed by atoms with Crippen LogP contribution in [-0.2, 0) is 35.4 Å². The Labute approximate surface area is 274 Å². The van der Waals surface area contributed by atoms with Gasteiger partial charge in [0, 0.05) is 25.6 Å². The number of aliphatic hydroxyl groups is 1. The Balaban J connectivity index is 1.82. The van der Waals surface area contributed by atoms with E-state index in [9.17, 15) is 37.6 Å². The van der Waals surface area contributed by atoms with E-state index >= 15 is 0 Å². The first kappa shape index (κ1) is 37.3. The van der Waals surface area contributed by atoms with Crippen LogP contribution in [0.5, 0.6) is 5.75 Å². The molecule has 0 bridgehead atoms. The SMILES string of the molecule is CCC(C)[C@H](NC(=O)[C@H](O)Cc1ccc(O)c(Cl)c1)C(=O)N1[C@H](C(=O)NCCCCN=C(N)N)C[C@@H]2CC[C@@H](OS(=O)(=O)O)C[C@@H]21. The number of aliphatic hydroxyl groups excluding tert-OH is 1. The summed E-state index contributed by atoms with van der Waals surface area (Å²) >= 11 is 5.96. The molecule has 3 rings (SSSR count). The summed E-state index contributed by atoms with van der Waals surface area (Å²) in [6.07, 6.45) is 0.220. The fourth-order valence-corrected chi connectivity index (χ4v) is 6.81. The second-order valence-corrected chi connectivity index (χ2v) is 13.4. The van der Waals surface area contributed by atoms with E-state index in [1.807, 2.05) is 6.92 Å². The Morgan fingerprint density at radius 2 is 1.91 bits per heavy atom. The van der Waals surface area contributed by atoms with Crippen LogP contribution in [0.2, 0.25) is 5.02 Å². The summed E-state index contributed by atoms with van der Waals surface area (Å²) in [5.74, 6) is -2.47. The number of benzene rings is 1. The van der Waals surface area contributed by atoms with Crippen molar-refractivity contribution in [2.75, 3.05) is 13.1 Å². The molecule has 1 heterocycles. The molecule has 9 N–H and O–H groups in total. The fraction of sp³-hybridized carbons (Fsp3) is 0.655. The number of amides is 3. The first-order valence-electron chi connectivity index (χ1n) is 15.4. The van der Waals surface area contributed by atoms with E-state index in [0.717, 1.165) is 0 Å². The summed E-state index contributed by atoms with van der Waals surface area (Å²) in [6, 6.07) is 1.66. The summed E-state index contributed by atoms with van der Waals surface area (Å²) in [7, 11) is -4.75. The molecule has 1 saturated carbocycles. The highest BCUT2D eigenvalue weighted by Crippen LogP contribution is 2.42. The van der Waals surface area contributed by atoms with E-state index < -0.39 is 64.4 Å². The zero-order valence-electron chi connectivity index (χ0n) is 26.0. The number of aromatic hydroxyl groups is 1. The highest BCUT2D eigenvalue weighted by atomic mass is 35.5. The maximum absolute atomic E-state index is 14.3. The zero-order chi connectivity index (χ0) is 34.2. The number of nitrogens with zero attached hydrogens (tertiary/aromatic N) is 2. The summed E-state index contributed by atoms with van der Waals surface area (Å²) < 4.78 is 37.1. The smallest absolute Gasteiger partial charge is 0.397 e. The Morgan fingerprint density at radius 3 is 2.54 bits per heavy atom. The van der Waals surface area contributed by atoms with Gasteiger partial charge in [-0.3, -0.25) is 23.9 Å². The molecule has 3 amide bonds. The van der Waals surface area contributed by atoms with Crippen LogP contribution in [0.1, 0.15) is 64.4 Å². The lowest BCUT2D eigenvalue weighted by Gasteiger charge is -2.39. The molecule has 2 fully saturated rings. The number of phenols is 1. The van der Waals surface area contributed by atoms with Gasteiger partial charge in [-0.15, -0.1) is 0 Å². The predicted octanol–water partition coefficient (Wildman–Crippen LogP) is 0.607. The maximum Gasteiger partial charge on any atom is 0.397 e. The molecule has 1 aromatic rings. The molecule has 258 valence electrons. The molecular formula is C29H45ClN6O9S. The lowest BCUT2D eigenvalue weighted by atomic mass is 9.83. The second kappa shape index (κ2) is 16.6. The van der Waals surface area contributed by atoms with E-state index in [1.165, 1.54) is 23.1 Å². The van der Waals surface area contributed by atoms with E-state index in [-0.39, 0.29) is 35.5 Å². The van der Waals surface area contributed by atoms with Crippen LogP contribution in [-0.4, -0.2) is 95.2 Å². The van der Waals surface area contributed by atoms with Crippen molar-refractivity contribution in [2.24, 2.45) is 28.3 Å². The quantitative estimate of drug-likeness (QED) is 0.0582. The predicted molar refractivity (Wildman–Crippen MR) is 170 cm³/mol. The summed E-state index contributed by atoms with van der Waals surface area (Å²) in [5, 5.41) is 26.0. The number of unbranched alkanes of at least 4 members (excludes halogenated alkanes) is 1. The monoisotopic (exact) mass is 688 g/mol. The highest BCUT2D eigenvalue weighted by Gasteiger charge is 2.51. The van der Waals surface area contributed by atoms with Gasteiger partial charge in [0.25, 0.3) is 0 Å². The summed E-state index contributed by atoms with van der Waals surface area (Å²) in [5.41, 5.74) is 11.2. The Hall–Kier alpha value is -3.18. The van der Waals surface area contributed by atoms with E-state index in [1.54, 1.807) is 6.92 Å². The van der Waals surface area contributed by atoms with Gasteiger partial charge in [0.1, 0.15) is 23.9 Å². The first-order chi connectivity index (χ1) is 21.6. The van der Waals surface area contributed by atoms with Gasteiger partial charge in [0.15, 0.2) is 5.96 Å². The highest BCUT2D eigenvalue weighted by molar-refractivity contribution is 7.80. The van der Waals surface area contributed by atoms with Crippen molar-refractivity contribution in [2.45, 2.75) is 95.5 Å². The molecule has 1 aliphatic carbocycles. The molecule has 1 aromatic carbocycles. The molecule has 1 unspecified atom stereocenters. The second-order valence-electron chi connectivity index (χ2n) is 12.0. The zero-order valence-corrected chi connectivity index (χ0v) is 27.5. The topological polar surface area (TPSA) is 247 Å². The maximum atomic E-state index is 14.3. The minimum Gasteiger partial charge on any atom is -0.506 e. The molecule has 0 aromatic heterocycles. The van der Waals surface area contributed by atoms with E-state index in [0.29, 0.717) is 57.2 Å². The number of fused-ring (bicyclic) bond motifs is 1. The van der Waals surface area contributed by atoms with Gasteiger partial charge in [-0.2, -0.15) is 8.42 Å². The van der Waals surface area contributed by atoms with Gasteiger partial charge in [-0.05, 0) is 68.1 Å². The minimum absolute atomic E-state index is 0.0248. The Bertz CT molecular complexity index is 1380. The van der Waals surface area contributed by atoms with Crippen LogP contribution in [0, 0.1) is 11.8 Å². The number of phenolic OH excluding ortho intramolecular Hbond substituents is 1. The molecular weight excluding hydrogens is 644 g/mol. The normalized spacial score (nSPS) is 23.1. The third kappa shape index (κ3) is 10.4. The van der Waals surface area contributed by atoms with Crippen LogP contribution in [0.15, 0.2) is 23.2 Å². The third-order valence-electron chi connectivity index (χ3n) is 8.64. The number of nitrogens with one attached hydrogen (secondary N) is 2. The largest absolute Gasteiger partial charge is 0.506 e. The summed E-state index contributed by atoms with van der Waals surface area (Å²) in [4.78, 5) is 46.4. The first-order valence-corrected chi connectivity index (χ1v) is 17.1. The standard InChI is InChI=1S/C29H45ClN6O9S/c1-3-16(2)25(35-27(40)24(38)13-17-6-9-23(37)20(30)12-17)28(41)36-21-15-19(45-46(42,43)44)8-7-18(21)14-22(36)26(39)33-10-4-5-11-34-29(31)32/h6,9,12,16,18-19,21-22,24-25,37-38H,3-5,7-8,10-11,13-15H2,1-2H3,(H,33,39)(H,35,40)(H4,31,32,34)(H,42,43,44)/t16?,18-,19+,21-,22-,24+,25-/m0/s1. The number of hydrogen-bond donors (Lipinski definition) is 7. The van der Waals surface area contributed by atoms with E-state index in [4.69, 9.17) is 27.3 Å². The number of likely N-dealkylation sites (tertiary alicyclic amines) is 1. The number of guanidine groups is 1. The Kier molecular flexibility index (Phi) is 13.4. The van der Waals surface area contributed by atoms with Gasteiger partial charge in [-0.1, -0.05) is 37.9 Å². The number of carbonyl (C=O) groups excluding carboxylic acids is 3. The van der Waals surface area contributed by atoms with Gasteiger partial charge >= 0.3 is 10.4 Å². The molecule has 7 atom stereocenters. The molecule has 2 aliphatic rings. The Morgan fingerprint density at radius 1 is 1.20 bits per heavy atom. The van der Waals surface area contributed by atoms with E-state index in [2.05, 4.69) is 15.6 Å². The molecule has 1 saturated heterocycles.